The summed E-state index contributed by atoms with van der Waals surface area (Å²) in [5.74, 6) is 0. The van der Waals surface area contributed by atoms with Crippen molar-refractivity contribution in [2.75, 3.05) is 0 Å². The van der Waals surface area contributed by atoms with Crippen molar-refractivity contribution in [1.82, 2.24) is 0 Å². The van der Waals surface area contributed by atoms with Crippen molar-refractivity contribution in [3.63, 3.8) is 0 Å². The van der Waals surface area contributed by atoms with E-state index in [1.165, 1.54) is 18.4 Å². The second-order valence-corrected chi connectivity index (χ2v) is 12.5. The lowest BCUT2D eigenvalue weighted by molar-refractivity contribution is -0.697. The minimum absolute atomic E-state index is 1.15. The highest BCUT2D eigenvalue weighted by molar-refractivity contribution is 8.29. The van der Waals surface area contributed by atoms with Crippen LogP contribution in [0.25, 0.3) is 0 Å². The number of nitrogens with zero attached hydrogens (tertiary/aromatic N) is 1. The van der Waals surface area contributed by atoms with E-state index in [1.807, 2.05) is 0 Å². The summed E-state index contributed by atoms with van der Waals surface area (Å²) in [5.41, 5.74) is -19.8. The van der Waals surface area contributed by atoms with Gasteiger partial charge in [-0.1, -0.05) is 13.3 Å². The molecule has 0 saturated carbocycles. The molecular weight excluding hydrogens is 545 g/mol. The molecule has 1 aromatic heterocycles. The molecule has 0 aliphatic carbocycles. The Labute approximate surface area is 183 Å². The summed E-state index contributed by atoms with van der Waals surface area (Å²) < 4.78 is 170. The van der Waals surface area contributed by atoms with Gasteiger partial charge in [-0.15, -0.1) is 0 Å². The molecule has 0 aliphatic heterocycles. The van der Waals surface area contributed by atoms with Crippen molar-refractivity contribution in [1.29, 1.82) is 0 Å². The molecule has 194 valence electrons. The van der Waals surface area contributed by atoms with Gasteiger partial charge in [0, 0.05) is 18.6 Å². The van der Waals surface area contributed by atoms with E-state index in [9.17, 15) is 64.8 Å². The third-order valence-electron chi connectivity index (χ3n) is 3.40. The smallest absolute Gasteiger partial charge is 0.251 e. The summed E-state index contributed by atoms with van der Waals surface area (Å²) >= 11 is 0. The van der Waals surface area contributed by atoms with Crippen LogP contribution in [-0.4, -0.2) is 41.8 Å². The van der Waals surface area contributed by atoms with Crippen LogP contribution in [0, 0.1) is 10.8 Å². The van der Waals surface area contributed by atoms with Crippen LogP contribution in [0.15, 0.2) is 24.5 Å². The number of sulfone groups is 3. The molecule has 0 atom stereocenters. The number of aryl methyl sites for hydroxylation is 2. The van der Waals surface area contributed by atoms with Gasteiger partial charge in [-0.2, -0.15) is 39.5 Å². The third-order valence-corrected chi connectivity index (χ3v) is 10.5. The van der Waals surface area contributed by atoms with E-state index in [0.29, 0.717) is 0 Å². The molecule has 33 heavy (non-hydrogen) atoms. The lowest BCUT2D eigenvalue weighted by atomic mass is 10.3. The predicted molar refractivity (Wildman–Crippen MR) is 94.4 cm³/mol. The van der Waals surface area contributed by atoms with Crippen LogP contribution < -0.4 is 4.57 Å². The van der Waals surface area contributed by atoms with E-state index < -0.39 is 50.0 Å². The Bertz CT molecular complexity index is 1000. The first-order valence-corrected chi connectivity index (χ1v) is 12.7. The number of unbranched alkanes of at least 4 members (excludes halogenated alkanes) is 1. The first kappa shape index (κ1) is 31.4. The molecule has 19 heteroatoms. The van der Waals surface area contributed by atoms with Crippen molar-refractivity contribution in [3.05, 3.63) is 34.0 Å². The second-order valence-electron chi connectivity index (χ2n) is 6.06. The SMILES string of the molecule is CCCC[n+]1ccc(C)cc1.O=S(=O)([C-](S(=O)(=O)C(F)(F)F)S(=O)(=O)C(F)(F)F)C(F)(F)F. The standard InChI is InChI=1S/C10H16N.C4F9O6S3/c1-3-4-7-11-8-5-10(2)6-9-11;5-2(6,7)20(14,15)1(21(16,17)3(8,9)10)22(18,19)4(11,12)13/h5-6,8-9H,3-4,7H2,1-2H3;/q+1;-1. The summed E-state index contributed by atoms with van der Waals surface area (Å²) in [5, 5.41) is 0. The average Bonchev–Trinajstić information content (AvgIpc) is 2.58. The Kier molecular flexibility index (Phi) is 9.82. The van der Waals surface area contributed by atoms with Crippen LogP contribution in [-0.2, 0) is 36.1 Å². The Morgan fingerprint density at radius 3 is 1.27 bits per heavy atom. The molecule has 0 bridgehead atoms. The summed E-state index contributed by atoms with van der Waals surface area (Å²) in [6.45, 7) is 5.48. The number of hydrogen-bond acceptors (Lipinski definition) is 6. The van der Waals surface area contributed by atoms with E-state index in [4.69, 9.17) is 0 Å². The number of hydrogen-bond donors (Lipinski definition) is 0. The van der Waals surface area contributed by atoms with Gasteiger partial charge in [-0.05, 0) is 12.5 Å². The third kappa shape index (κ3) is 7.43. The van der Waals surface area contributed by atoms with Crippen molar-refractivity contribution >= 4 is 29.5 Å². The van der Waals surface area contributed by atoms with E-state index in [0.717, 1.165) is 6.54 Å². The van der Waals surface area contributed by atoms with Gasteiger partial charge in [0.15, 0.2) is 41.9 Å². The lowest BCUT2D eigenvalue weighted by Gasteiger charge is -2.31. The maximum absolute atomic E-state index is 12.0. The molecule has 0 aliphatic rings. The van der Waals surface area contributed by atoms with Gasteiger partial charge >= 0.3 is 16.5 Å². The molecule has 1 aromatic rings. The second kappa shape index (κ2) is 10.3. The van der Waals surface area contributed by atoms with Crippen molar-refractivity contribution in [3.8, 4) is 0 Å². The quantitative estimate of drug-likeness (QED) is 0.300. The highest BCUT2D eigenvalue weighted by Crippen LogP contribution is 2.47. The molecule has 0 aromatic carbocycles. The van der Waals surface area contributed by atoms with Gasteiger partial charge in [0.05, 0.1) is 3.91 Å². The molecule has 0 N–H and O–H groups in total. The fraction of sp³-hybridized carbons (Fsp3) is 0.571. The Morgan fingerprint density at radius 2 is 1.03 bits per heavy atom. The molecule has 0 saturated heterocycles. The Balaban J connectivity index is 0.000000771. The number of pyridine rings is 1. The first-order valence-electron chi connectivity index (χ1n) is 8.21. The predicted octanol–water partition coefficient (Wildman–Crippen LogP) is 3.32. The molecule has 1 rings (SSSR count). The largest absolute Gasteiger partial charge is 0.470 e. The minimum Gasteiger partial charge on any atom is -0.251 e. The lowest BCUT2D eigenvalue weighted by Crippen LogP contribution is -2.47. The van der Waals surface area contributed by atoms with Crippen LogP contribution in [0.4, 0.5) is 39.5 Å². The van der Waals surface area contributed by atoms with Gasteiger partial charge in [0.1, 0.15) is 6.54 Å². The molecule has 0 amide bonds. The zero-order valence-corrected chi connectivity index (χ0v) is 18.9. The molecule has 0 unspecified atom stereocenters. The Morgan fingerprint density at radius 1 is 0.727 bits per heavy atom. The molecular formula is C14H16F9NO6S3. The van der Waals surface area contributed by atoms with Crippen molar-refractivity contribution in [2.45, 2.75) is 49.8 Å². The van der Waals surface area contributed by atoms with Crippen LogP contribution >= 0.6 is 0 Å². The van der Waals surface area contributed by atoms with Gasteiger partial charge in [0.2, 0.25) is 0 Å². The van der Waals surface area contributed by atoms with Gasteiger partial charge in [-0.3, -0.25) is 25.3 Å². The zero-order valence-electron chi connectivity index (χ0n) is 16.5. The normalized spacial score (nSPS) is 14.1. The van der Waals surface area contributed by atoms with Gasteiger partial charge < -0.3 is 0 Å². The monoisotopic (exact) mass is 561 g/mol. The van der Waals surface area contributed by atoms with Crippen molar-refractivity contribution in [2.24, 2.45) is 0 Å². The summed E-state index contributed by atoms with van der Waals surface area (Å²) in [6.07, 6.45) is 6.82. The van der Waals surface area contributed by atoms with E-state index in [-0.39, 0.29) is 0 Å². The number of alkyl halides is 9. The fourth-order valence-corrected chi connectivity index (χ4v) is 7.47. The highest BCUT2D eigenvalue weighted by Gasteiger charge is 2.63. The number of rotatable bonds is 6. The summed E-state index contributed by atoms with van der Waals surface area (Å²) in [7, 11) is -24.1. The maximum atomic E-state index is 12.0. The Hall–Kier alpha value is -1.63. The molecule has 0 spiro atoms. The van der Waals surface area contributed by atoms with Crippen LogP contribution in [0.3, 0.4) is 0 Å². The van der Waals surface area contributed by atoms with E-state index in [1.54, 1.807) is 0 Å². The average molecular weight is 561 g/mol. The molecule has 7 nitrogen and oxygen atoms in total. The molecule has 0 fully saturated rings. The van der Waals surface area contributed by atoms with Gasteiger partial charge in [-0.25, -0.2) is 4.57 Å². The molecule has 1 heterocycles. The van der Waals surface area contributed by atoms with Gasteiger partial charge in [0.25, 0.3) is 0 Å². The topological polar surface area (TPSA) is 106 Å². The summed E-state index contributed by atoms with van der Waals surface area (Å²) in [4.78, 5) is 0. The van der Waals surface area contributed by atoms with Crippen LogP contribution in [0.1, 0.15) is 25.3 Å². The first-order chi connectivity index (χ1) is 14.4. The zero-order chi connectivity index (χ0) is 26.7. The van der Waals surface area contributed by atoms with E-state index >= 15 is 0 Å². The number of aromatic nitrogens is 1. The number of halogens is 9. The molecule has 0 radical (unpaired) electrons. The highest BCUT2D eigenvalue weighted by atomic mass is 32.3. The maximum Gasteiger partial charge on any atom is 0.470 e. The minimum atomic E-state index is -8.02. The van der Waals surface area contributed by atoms with Crippen LogP contribution in [0.5, 0.6) is 0 Å². The van der Waals surface area contributed by atoms with Crippen molar-refractivity contribution < 1.29 is 69.3 Å². The van der Waals surface area contributed by atoms with E-state index in [2.05, 4.69) is 42.9 Å². The van der Waals surface area contributed by atoms with Crippen LogP contribution in [0.2, 0.25) is 0 Å². The summed E-state index contributed by atoms with van der Waals surface area (Å²) in [6, 6.07) is 4.30. The fourth-order valence-electron chi connectivity index (χ4n) is 1.74.